The maximum absolute atomic E-state index is 11.4. The van der Waals surface area contributed by atoms with E-state index in [0.717, 1.165) is 0 Å². The molecule has 0 aliphatic carbocycles. The number of ether oxygens (including phenoxy) is 1. The summed E-state index contributed by atoms with van der Waals surface area (Å²) >= 11 is 5.52. The van der Waals surface area contributed by atoms with Crippen LogP contribution in [0.15, 0.2) is 24.3 Å². The quantitative estimate of drug-likeness (QED) is 0.792. The van der Waals surface area contributed by atoms with Crippen LogP contribution >= 0.6 is 11.6 Å². The van der Waals surface area contributed by atoms with Gasteiger partial charge >= 0.3 is 6.09 Å². The summed E-state index contributed by atoms with van der Waals surface area (Å²) in [7, 11) is 0. The summed E-state index contributed by atoms with van der Waals surface area (Å²) in [5, 5.41) is 9.78. The molecule has 1 aromatic carbocycles. The highest BCUT2D eigenvalue weighted by molar-refractivity contribution is 6.68. The number of hydrogen-bond donors (Lipinski definition) is 2. The van der Waals surface area contributed by atoms with Gasteiger partial charge in [0.25, 0.3) is 0 Å². The summed E-state index contributed by atoms with van der Waals surface area (Å²) in [6.45, 7) is 5.39. The SMILES string of the molecule is CC(C)(C)OC(=O)Nc1ccc(C(=N)Cl)cc1. The van der Waals surface area contributed by atoms with Gasteiger partial charge < -0.3 is 4.74 Å². The van der Waals surface area contributed by atoms with Gasteiger partial charge in [-0.1, -0.05) is 11.6 Å². The molecule has 0 spiro atoms. The van der Waals surface area contributed by atoms with Crippen LogP contribution in [0.25, 0.3) is 0 Å². The van der Waals surface area contributed by atoms with Crippen molar-refractivity contribution in [3.05, 3.63) is 29.8 Å². The Kier molecular flexibility index (Phi) is 4.12. The number of hydrogen-bond acceptors (Lipinski definition) is 3. The fourth-order valence-corrected chi connectivity index (χ4v) is 1.25. The van der Waals surface area contributed by atoms with Crippen molar-refractivity contribution in [3.8, 4) is 0 Å². The van der Waals surface area contributed by atoms with E-state index in [1.807, 2.05) is 0 Å². The Morgan fingerprint density at radius 3 is 2.24 bits per heavy atom. The third-order valence-corrected chi connectivity index (χ3v) is 2.00. The first-order valence-electron chi connectivity index (χ1n) is 5.12. The largest absolute Gasteiger partial charge is 0.444 e. The number of carbonyl (C=O) groups is 1. The molecule has 0 saturated carbocycles. The van der Waals surface area contributed by atoms with Crippen molar-refractivity contribution in [2.75, 3.05) is 5.32 Å². The Morgan fingerprint density at radius 2 is 1.82 bits per heavy atom. The number of benzene rings is 1. The lowest BCUT2D eigenvalue weighted by molar-refractivity contribution is 0.0636. The summed E-state index contributed by atoms with van der Waals surface area (Å²) in [5.74, 6) is 0. The van der Waals surface area contributed by atoms with E-state index >= 15 is 0 Å². The molecule has 17 heavy (non-hydrogen) atoms. The van der Waals surface area contributed by atoms with Crippen LogP contribution in [0.5, 0.6) is 0 Å². The Labute approximate surface area is 105 Å². The fourth-order valence-electron chi connectivity index (χ4n) is 1.12. The van der Waals surface area contributed by atoms with Gasteiger partial charge in [-0.3, -0.25) is 10.7 Å². The van der Waals surface area contributed by atoms with E-state index in [4.69, 9.17) is 21.7 Å². The van der Waals surface area contributed by atoms with E-state index in [1.54, 1.807) is 45.0 Å². The molecule has 0 aliphatic heterocycles. The van der Waals surface area contributed by atoms with E-state index in [1.165, 1.54) is 0 Å². The molecule has 4 nitrogen and oxygen atoms in total. The van der Waals surface area contributed by atoms with Gasteiger partial charge in [-0.2, -0.15) is 0 Å². The molecule has 0 aromatic heterocycles. The Hall–Kier alpha value is -1.55. The third kappa shape index (κ3) is 4.87. The van der Waals surface area contributed by atoms with Crippen molar-refractivity contribution in [2.45, 2.75) is 26.4 Å². The van der Waals surface area contributed by atoms with Crippen LogP contribution in [0.4, 0.5) is 10.5 Å². The lowest BCUT2D eigenvalue weighted by atomic mass is 10.2. The Bertz CT molecular complexity index is 421. The summed E-state index contributed by atoms with van der Waals surface area (Å²) in [6.07, 6.45) is -0.508. The van der Waals surface area contributed by atoms with Crippen LogP contribution in [0.3, 0.4) is 0 Å². The minimum absolute atomic E-state index is 0.0335. The van der Waals surface area contributed by atoms with E-state index in [9.17, 15) is 4.79 Å². The Balaban J connectivity index is 2.64. The van der Waals surface area contributed by atoms with Gasteiger partial charge in [0.2, 0.25) is 0 Å². The van der Waals surface area contributed by atoms with Crippen molar-refractivity contribution in [2.24, 2.45) is 0 Å². The van der Waals surface area contributed by atoms with Crippen molar-refractivity contribution in [1.29, 1.82) is 5.41 Å². The zero-order valence-corrected chi connectivity index (χ0v) is 10.8. The minimum atomic E-state index is -0.526. The van der Waals surface area contributed by atoms with Gasteiger partial charge in [0.1, 0.15) is 10.8 Å². The van der Waals surface area contributed by atoms with E-state index in [-0.39, 0.29) is 5.17 Å². The third-order valence-electron chi connectivity index (χ3n) is 1.78. The first-order chi connectivity index (χ1) is 7.78. The summed E-state index contributed by atoms with van der Waals surface area (Å²) in [6, 6.07) is 6.64. The number of rotatable bonds is 2. The second kappa shape index (κ2) is 5.19. The molecular weight excluding hydrogens is 240 g/mol. The van der Waals surface area contributed by atoms with Gasteiger partial charge in [-0.05, 0) is 45.0 Å². The first-order valence-corrected chi connectivity index (χ1v) is 5.50. The molecule has 0 saturated heterocycles. The van der Waals surface area contributed by atoms with Crippen LogP contribution < -0.4 is 5.32 Å². The molecule has 1 aromatic rings. The number of carbonyl (C=O) groups excluding carboxylic acids is 1. The zero-order valence-electron chi connectivity index (χ0n) is 10.0. The molecule has 2 N–H and O–H groups in total. The normalized spacial score (nSPS) is 10.8. The fraction of sp³-hybridized carbons (Fsp3) is 0.333. The topological polar surface area (TPSA) is 62.2 Å². The molecule has 5 heteroatoms. The number of nitrogens with one attached hydrogen (secondary N) is 2. The molecule has 1 amide bonds. The molecule has 92 valence electrons. The highest BCUT2D eigenvalue weighted by atomic mass is 35.5. The van der Waals surface area contributed by atoms with Crippen LogP contribution in [-0.2, 0) is 4.74 Å². The average Bonchev–Trinajstić information content (AvgIpc) is 2.15. The molecule has 0 atom stereocenters. The van der Waals surface area contributed by atoms with Gasteiger partial charge in [0.15, 0.2) is 0 Å². The first kappa shape index (κ1) is 13.5. The number of amides is 1. The van der Waals surface area contributed by atoms with E-state index in [2.05, 4.69) is 5.32 Å². The summed E-state index contributed by atoms with van der Waals surface area (Å²) in [4.78, 5) is 11.4. The zero-order chi connectivity index (χ0) is 13.1. The predicted molar refractivity (Wildman–Crippen MR) is 69.0 cm³/mol. The van der Waals surface area contributed by atoms with Crippen LogP contribution in [-0.4, -0.2) is 16.9 Å². The van der Waals surface area contributed by atoms with E-state index in [0.29, 0.717) is 11.3 Å². The predicted octanol–water partition coefficient (Wildman–Crippen LogP) is 3.60. The molecule has 0 heterocycles. The van der Waals surface area contributed by atoms with Crippen molar-refractivity contribution in [1.82, 2.24) is 0 Å². The number of halogens is 1. The molecular formula is C12H15ClN2O2. The van der Waals surface area contributed by atoms with Gasteiger partial charge in [-0.25, -0.2) is 4.79 Å². The minimum Gasteiger partial charge on any atom is -0.444 e. The number of anilines is 1. The van der Waals surface area contributed by atoms with Crippen LogP contribution in [0, 0.1) is 5.41 Å². The summed E-state index contributed by atoms with van der Waals surface area (Å²) in [5.41, 5.74) is 0.671. The molecule has 0 aliphatic rings. The van der Waals surface area contributed by atoms with Crippen LogP contribution in [0.1, 0.15) is 26.3 Å². The smallest absolute Gasteiger partial charge is 0.412 e. The maximum atomic E-state index is 11.4. The van der Waals surface area contributed by atoms with Gasteiger partial charge in [0.05, 0.1) is 0 Å². The van der Waals surface area contributed by atoms with Gasteiger partial charge in [-0.15, -0.1) is 0 Å². The Morgan fingerprint density at radius 1 is 1.29 bits per heavy atom. The molecule has 0 fully saturated rings. The van der Waals surface area contributed by atoms with Crippen molar-refractivity contribution in [3.63, 3.8) is 0 Å². The van der Waals surface area contributed by atoms with E-state index < -0.39 is 11.7 Å². The van der Waals surface area contributed by atoms with Crippen molar-refractivity contribution < 1.29 is 9.53 Å². The lowest BCUT2D eigenvalue weighted by Gasteiger charge is -2.19. The second-order valence-corrected chi connectivity index (χ2v) is 4.90. The maximum Gasteiger partial charge on any atom is 0.412 e. The monoisotopic (exact) mass is 254 g/mol. The van der Waals surface area contributed by atoms with Gasteiger partial charge in [0, 0.05) is 11.3 Å². The molecule has 1 rings (SSSR count). The van der Waals surface area contributed by atoms with Crippen molar-refractivity contribution >= 4 is 28.6 Å². The molecule has 0 unspecified atom stereocenters. The summed E-state index contributed by atoms with van der Waals surface area (Å²) < 4.78 is 5.10. The highest BCUT2D eigenvalue weighted by Gasteiger charge is 2.16. The lowest BCUT2D eigenvalue weighted by Crippen LogP contribution is -2.27. The second-order valence-electron chi connectivity index (χ2n) is 4.52. The standard InChI is InChI=1S/C12H15ClN2O2/c1-12(2,3)17-11(16)15-9-6-4-8(5-7-9)10(13)14/h4-7,14H,1-3H3,(H,15,16). The highest BCUT2D eigenvalue weighted by Crippen LogP contribution is 2.13. The molecule has 0 bridgehead atoms. The molecule has 0 radical (unpaired) electrons. The van der Waals surface area contributed by atoms with Crippen LogP contribution in [0.2, 0.25) is 0 Å². The average molecular weight is 255 g/mol.